The van der Waals surface area contributed by atoms with Crippen LogP contribution in [0.15, 0.2) is 36.4 Å². The second-order valence-electron chi connectivity index (χ2n) is 15.4. The van der Waals surface area contributed by atoms with E-state index < -0.39 is 31.4 Å². The molecule has 4 aromatic rings. The molecule has 0 bridgehead atoms. The van der Waals surface area contributed by atoms with Gasteiger partial charge in [-0.15, -0.1) is 0 Å². The third kappa shape index (κ3) is 7.02. The number of carbonyl (C=O) groups excluding carboxylic acids is 2. The van der Waals surface area contributed by atoms with Crippen LogP contribution in [0.5, 0.6) is 0 Å². The second-order valence-corrected chi connectivity index (χ2v) is 21.0. The van der Waals surface area contributed by atoms with E-state index in [2.05, 4.69) is 25.7 Å². The summed E-state index contributed by atoms with van der Waals surface area (Å²) in [7, 11) is 0.409. The number of nitrogens with zero attached hydrogens (tertiary/aromatic N) is 5. The van der Waals surface area contributed by atoms with Crippen molar-refractivity contribution < 1.29 is 27.8 Å². The van der Waals surface area contributed by atoms with Crippen molar-refractivity contribution in [2.24, 2.45) is 0 Å². The minimum absolute atomic E-state index is 0.0621. The Balaban J connectivity index is 1.48. The van der Waals surface area contributed by atoms with Gasteiger partial charge in [-0.25, -0.2) is 18.3 Å². The van der Waals surface area contributed by atoms with E-state index in [1.165, 1.54) is 11.0 Å². The number of halogens is 2. The van der Waals surface area contributed by atoms with E-state index >= 15 is 8.78 Å². The van der Waals surface area contributed by atoms with E-state index in [0.29, 0.717) is 46.4 Å². The van der Waals surface area contributed by atoms with Gasteiger partial charge in [0.25, 0.3) is 5.91 Å². The highest BCUT2D eigenvalue weighted by Crippen LogP contribution is 2.39. The Morgan fingerprint density at radius 2 is 1.78 bits per heavy atom. The molecular weight excluding hydrogens is 657 g/mol. The number of ether oxygens (including phenoxy) is 2. The van der Waals surface area contributed by atoms with Gasteiger partial charge in [0.1, 0.15) is 29.7 Å². The molecule has 0 radical (unpaired) electrons. The first-order valence-electron chi connectivity index (χ1n) is 16.9. The molecule has 0 spiro atoms. The first-order valence-corrected chi connectivity index (χ1v) is 20.6. The molecule has 0 fully saturated rings. The molecule has 3 heterocycles. The maximum atomic E-state index is 16.6. The highest BCUT2D eigenvalue weighted by molar-refractivity contribution is 6.76. The minimum Gasteiger partial charge on any atom is -0.444 e. The molecule has 0 aliphatic carbocycles. The van der Waals surface area contributed by atoms with Gasteiger partial charge in [0.2, 0.25) is 0 Å². The van der Waals surface area contributed by atoms with Crippen LogP contribution in [0.3, 0.4) is 0 Å². The van der Waals surface area contributed by atoms with Crippen molar-refractivity contribution in [1.29, 1.82) is 5.26 Å². The number of benzene rings is 3. The summed E-state index contributed by atoms with van der Waals surface area (Å²) in [6.45, 7) is 13.5. The van der Waals surface area contributed by atoms with Gasteiger partial charge in [-0.1, -0.05) is 31.8 Å². The van der Waals surface area contributed by atoms with Crippen LogP contribution in [-0.2, 0) is 35.6 Å². The Kier molecular flexibility index (Phi) is 9.35. The van der Waals surface area contributed by atoms with E-state index in [1.54, 1.807) is 49.5 Å². The molecule has 12 heteroatoms. The van der Waals surface area contributed by atoms with Crippen LogP contribution >= 0.6 is 0 Å². The molecule has 0 atom stereocenters. The fourth-order valence-corrected chi connectivity index (χ4v) is 7.21. The Bertz CT molecular complexity index is 2060. The topological polar surface area (TPSA) is 101 Å². The molecule has 0 saturated carbocycles. The summed E-state index contributed by atoms with van der Waals surface area (Å²) in [5, 5.41) is 15.8. The maximum Gasteiger partial charge on any atom is 0.410 e. The van der Waals surface area contributed by atoms with Gasteiger partial charge in [0.15, 0.2) is 0 Å². The third-order valence-electron chi connectivity index (χ3n) is 9.23. The van der Waals surface area contributed by atoms with Gasteiger partial charge >= 0.3 is 6.09 Å². The van der Waals surface area contributed by atoms with Gasteiger partial charge in [0, 0.05) is 62.5 Å². The SMILES string of the molecule is CN1CCc2ccc(-c3nn(COCC[Si](C)(C)C)c4cc(C#N)c(-c5c(F)cc6c(c5F)CN(C(=O)OC(C)(C)C)CC6)cc34)cc2C1=O. The van der Waals surface area contributed by atoms with Gasteiger partial charge < -0.3 is 19.3 Å². The molecular formula is C38H43F2N5O4Si. The lowest BCUT2D eigenvalue weighted by Gasteiger charge is -2.32. The van der Waals surface area contributed by atoms with Crippen molar-refractivity contribution >= 4 is 31.0 Å². The van der Waals surface area contributed by atoms with Crippen molar-refractivity contribution in [2.75, 3.05) is 26.7 Å². The number of amides is 2. The number of carbonyl (C=O) groups is 2. The lowest BCUT2D eigenvalue weighted by Crippen LogP contribution is -2.40. The van der Waals surface area contributed by atoms with E-state index in [4.69, 9.17) is 14.6 Å². The summed E-state index contributed by atoms with van der Waals surface area (Å²) < 4.78 is 45.8. The van der Waals surface area contributed by atoms with E-state index in [1.807, 2.05) is 18.2 Å². The molecule has 9 nitrogen and oxygen atoms in total. The predicted octanol–water partition coefficient (Wildman–Crippen LogP) is 7.75. The standard InChI is InChI=1S/C38H43F2N5O4Si/c1-38(2,3)49-37(47)44-13-11-24-17-31(39)33(34(40)30(24)21-44)27-19-29-32(18-26(27)20-41)45(22-48-14-15-50(5,6)7)42-35(29)25-9-8-23-10-12-43(4)36(46)28(23)16-25/h8-9,16-19H,10-15,21-22H2,1-7H3. The molecule has 262 valence electrons. The number of rotatable bonds is 7. The summed E-state index contributed by atoms with van der Waals surface area (Å²) >= 11 is 0. The van der Waals surface area contributed by atoms with Crippen LogP contribution in [0.4, 0.5) is 13.6 Å². The molecule has 6 rings (SSSR count). The van der Waals surface area contributed by atoms with Crippen LogP contribution in [0.25, 0.3) is 33.3 Å². The van der Waals surface area contributed by atoms with Crippen molar-refractivity contribution in [3.05, 3.63) is 75.8 Å². The normalized spacial score (nSPS) is 14.8. The number of aromatic nitrogens is 2. The fourth-order valence-electron chi connectivity index (χ4n) is 6.45. The highest BCUT2D eigenvalue weighted by atomic mass is 28.3. The zero-order chi connectivity index (χ0) is 36.1. The van der Waals surface area contributed by atoms with Crippen LogP contribution in [0.1, 0.15) is 53.4 Å². The molecule has 50 heavy (non-hydrogen) atoms. The highest BCUT2D eigenvalue weighted by Gasteiger charge is 2.31. The fraction of sp³-hybridized carbons (Fsp3) is 0.421. The lowest BCUT2D eigenvalue weighted by atomic mass is 9.90. The quantitative estimate of drug-likeness (QED) is 0.145. The van der Waals surface area contributed by atoms with Crippen LogP contribution in [0, 0.1) is 23.0 Å². The van der Waals surface area contributed by atoms with Gasteiger partial charge in [-0.2, -0.15) is 10.4 Å². The summed E-state index contributed by atoms with van der Waals surface area (Å²) in [4.78, 5) is 29.1. The third-order valence-corrected chi connectivity index (χ3v) is 10.9. The number of hydrogen-bond donors (Lipinski definition) is 0. The molecule has 0 N–H and O–H groups in total. The van der Waals surface area contributed by atoms with Crippen molar-refractivity contribution in [3.8, 4) is 28.5 Å². The smallest absolute Gasteiger partial charge is 0.410 e. The van der Waals surface area contributed by atoms with Gasteiger partial charge in [-0.3, -0.25) is 4.79 Å². The molecule has 0 unspecified atom stereocenters. The summed E-state index contributed by atoms with van der Waals surface area (Å²) in [6, 6.07) is 13.2. The zero-order valence-corrected chi connectivity index (χ0v) is 30.7. The largest absolute Gasteiger partial charge is 0.444 e. The second kappa shape index (κ2) is 13.3. The van der Waals surface area contributed by atoms with Crippen LogP contribution in [-0.4, -0.2) is 72.0 Å². The average molecular weight is 700 g/mol. The molecule has 2 amide bonds. The van der Waals surface area contributed by atoms with E-state index in [-0.39, 0.29) is 54.4 Å². The Hall–Kier alpha value is -4.60. The lowest BCUT2D eigenvalue weighted by molar-refractivity contribution is 0.0221. The molecule has 1 aromatic heterocycles. The van der Waals surface area contributed by atoms with E-state index in [9.17, 15) is 14.9 Å². The maximum absolute atomic E-state index is 16.6. The summed E-state index contributed by atoms with van der Waals surface area (Å²) in [5.74, 6) is -1.71. The Labute approximate surface area is 292 Å². The summed E-state index contributed by atoms with van der Waals surface area (Å²) in [5.41, 5.74) is 2.96. The Morgan fingerprint density at radius 1 is 1.04 bits per heavy atom. The first-order chi connectivity index (χ1) is 23.5. The number of hydrogen-bond acceptors (Lipinski definition) is 6. The van der Waals surface area contributed by atoms with Crippen molar-refractivity contribution in [2.45, 2.75) is 78.2 Å². The van der Waals surface area contributed by atoms with Crippen LogP contribution in [0.2, 0.25) is 25.7 Å². The Morgan fingerprint density at radius 3 is 2.48 bits per heavy atom. The van der Waals surface area contributed by atoms with E-state index in [0.717, 1.165) is 18.0 Å². The molecule has 0 saturated heterocycles. The van der Waals surface area contributed by atoms with Gasteiger partial charge in [0.05, 0.1) is 29.3 Å². The predicted molar refractivity (Wildman–Crippen MR) is 190 cm³/mol. The molecule has 2 aliphatic rings. The minimum atomic E-state index is -1.36. The zero-order valence-electron chi connectivity index (χ0n) is 29.7. The number of nitriles is 1. The molecule has 2 aliphatic heterocycles. The van der Waals surface area contributed by atoms with Crippen molar-refractivity contribution in [1.82, 2.24) is 19.6 Å². The van der Waals surface area contributed by atoms with Crippen molar-refractivity contribution in [3.63, 3.8) is 0 Å². The van der Waals surface area contributed by atoms with Crippen LogP contribution < -0.4 is 0 Å². The average Bonchev–Trinajstić information content (AvgIpc) is 3.40. The number of likely N-dealkylation sites (N-methyl/N-ethyl adjacent to an activating group) is 1. The monoisotopic (exact) mass is 699 g/mol. The number of fused-ring (bicyclic) bond motifs is 3. The summed E-state index contributed by atoms with van der Waals surface area (Å²) in [6.07, 6.45) is 0.412. The first kappa shape index (κ1) is 35.2. The molecule has 3 aromatic carbocycles. The van der Waals surface area contributed by atoms with Gasteiger partial charge in [-0.05, 0) is 75.0 Å².